The number of aliphatic imine (C=N–C) groups is 1. The van der Waals surface area contributed by atoms with Crippen molar-refractivity contribution in [3.8, 4) is 5.75 Å². The lowest BCUT2D eigenvalue weighted by molar-refractivity contribution is -0.123. The Morgan fingerprint density at radius 2 is 2.15 bits per heavy atom. The smallest absolute Gasteiger partial charge is 0.252 e. The summed E-state index contributed by atoms with van der Waals surface area (Å²) in [6.07, 6.45) is 2.79. The lowest BCUT2D eigenvalue weighted by atomic mass is 9.92. The van der Waals surface area contributed by atoms with E-state index in [1.165, 1.54) is 0 Å². The van der Waals surface area contributed by atoms with Crippen molar-refractivity contribution >= 4 is 11.9 Å². The molecule has 0 aromatic heterocycles. The van der Waals surface area contributed by atoms with Crippen molar-refractivity contribution in [1.29, 1.82) is 0 Å². The molecule has 1 aromatic carbocycles. The molecule has 1 aromatic rings. The lowest BCUT2D eigenvalue weighted by Crippen LogP contribution is -2.45. The topological polar surface area (TPSA) is 62.7 Å². The van der Waals surface area contributed by atoms with Crippen LogP contribution < -0.4 is 15.4 Å². The number of ether oxygens (including phenoxy) is 1. The van der Waals surface area contributed by atoms with Crippen LogP contribution in [0.15, 0.2) is 29.3 Å². The maximum atomic E-state index is 12.2. The molecule has 1 unspecified atom stereocenters. The van der Waals surface area contributed by atoms with E-state index >= 15 is 0 Å². The highest BCUT2D eigenvalue weighted by Crippen LogP contribution is 2.26. The van der Waals surface area contributed by atoms with Crippen molar-refractivity contribution in [3.05, 3.63) is 29.8 Å². The zero-order chi connectivity index (χ0) is 14.2. The number of guanidine groups is 1. The fourth-order valence-corrected chi connectivity index (χ4v) is 2.40. The molecule has 5 nitrogen and oxygen atoms in total. The average Bonchev–Trinajstić information content (AvgIpc) is 3.18. The fraction of sp³-hybridized carbons (Fsp3) is 0.467. The number of amides is 1. The van der Waals surface area contributed by atoms with Gasteiger partial charge in [-0.05, 0) is 31.4 Å². The Labute approximate surface area is 118 Å². The second kappa shape index (κ2) is 4.81. The van der Waals surface area contributed by atoms with Crippen LogP contribution in [-0.4, -0.2) is 30.6 Å². The van der Waals surface area contributed by atoms with Gasteiger partial charge in [0.05, 0.1) is 13.2 Å². The summed E-state index contributed by atoms with van der Waals surface area (Å²) in [6, 6.07) is 8.14. The van der Waals surface area contributed by atoms with Crippen molar-refractivity contribution < 1.29 is 9.53 Å². The van der Waals surface area contributed by atoms with Gasteiger partial charge in [-0.15, -0.1) is 0 Å². The van der Waals surface area contributed by atoms with Crippen LogP contribution in [-0.2, 0) is 11.2 Å². The summed E-state index contributed by atoms with van der Waals surface area (Å²) in [4.78, 5) is 16.7. The van der Waals surface area contributed by atoms with Gasteiger partial charge < -0.3 is 10.1 Å². The van der Waals surface area contributed by atoms with Gasteiger partial charge in [0.15, 0.2) is 5.96 Å². The quantitative estimate of drug-likeness (QED) is 0.867. The summed E-state index contributed by atoms with van der Waals surface area (Å²) in [6.45, 7) is 1.89. The second-order valence-corrected chi connectivity index (χ2v) is 5.61. The Balaban J connectivity index is 1.80. The number of rotatable bonds is 4. The Kier molecular flexibility index (Phi) is 3.12. The number of methoxy groups -OCH3 is 1. The molecule has 5 heteroatoms. The molecular formula is C15H19N3O2. The average molecular weight is 273 g/mol. The van der Waals surface area contributed by atoms with Crippen molar-refractivity contribution in [2.75, 3.05) is 7.11 Å². The van der Waals surface area contributed by atoms with Crippen molar-refractivity contribution in [2.24, 2.45) is 4.99 Å². The van der Waals surface area contributed by atoms with Crippen LogP contribution in [0.4, 0.5) is 0 Å². The van der Waals surface area contributed by atoms with Gasteiger partial charge in [-0.25, -0.2) is 4.99 Å². The van der Waals surface area contributed by atoms with Crippen LogP contribution in [0.3, 0.4) is 0 Å². The Morgan fingerprint density at radius 3 is 2.85 bits per heavy atom. The van der Waals surface area contributed by atoms with E-state index in [0.29, 0.717) is 18.4 Å². The van der Waals surface area contributed by atoms with Crippen LogP contribution in [0.1, 0.15) is 25.3 Å². The van der Waals surface area contributed by atoms with Crippen LogP contribution in [0.25, 0.3) is 0 Å². The molecule has 0 bridgehead atoms. The van der Waals surface area contributed by atoms with E-state index in [9.17, 15) is 4.79 Å². The minimum absolute atomic E-state index is 0.0391. The van der Waals surface area contributed by atoms with E-state index in [4.69, 9.17) is 4.74 Å². The van der Waals surface area contributed by atoms with Crippen LogP contribution in [0.5, 0.6) is 5.75 Å². The minimum atomic E-state index is -0.678. The molecule has 1 aliphatic carbocycles. The molecule has 2 fully saturated rings. The Bertz CT molecular complexity index is 566. The van der Waals surface area contributed by atoms with Crippen LogP contribution >= 0.6 is 0 Å². The molecule has 0 spiro atoms. The molecule has 0 radical (unpaired) electrons. The lowest BCUT2D eigenvalue weighted by Gasteiger charge is -2.22. The number of hydrogen-bond donors (Lipinski definition) is 2. The number of para-hydroxylation sites is 1. The first kappa shape index (κ1) is 13.0. The second-order valence-electron chi connectivity index (χ2n) is 5.61. The summed E-state index contributed by atoms with van der Waals surface area (Å²) in [7, 11) is 1.64. The monoisotopic (exact) mass is 273 g/mol. The first-order valence-electron chi connectivity index (χ1n) is 6.90. The molecule has 1 saturated heterocycles. The van der Waals surface area contributed by atoms with Crippen molar-refractivity contribution in [3.63, 3.8) is 0 Å². The van der Waals surface area contributed by atoms with Crippen molar-refractivity contribution in [1.82, 2.24) is 10.6 Å². The van der Waals surface area contributed by atoms with Gasteiger partial charge in [0, 0.05) is 6.42 Å². The van der Waals surface area contributed by atoms with Gasteiger partial charge in [0.2, 0.25) is 0 Å². The maximum absolute atomic E-state index is 12.2. The highest BCUT2D eigenvalue weighted by Gasteiger charge is 2.42. The summed E-state index contributed by atoms with van der Waals surface area (Å²) in [5.74, 6) is 1.37. The zero-order valence-electron chi connectivity index (χ0n) is 11.8. The third kappa shape index (κ3) is 2.48. The number of carbonyl (C=O) groups is 1. The molecule has 1 saturated carbocycles. The predicted molar refractivity (Wildman–Crippen MR) is 76.8 cm³/mol. The van der Waals surface area contributed by atoms with Crippen LogP contribution in [0, 0.1) is 0 Å². The number of nitrogens with zero attached hydrogens (tertiary/aromatic N) is 1. The van der Waals surface area contributed by atoms with E-state index < -0.39 is 5.54 Å². The molecule has 2 N–H and O–H groups in total. The zero-order valence-corrected chi connectivity index (χ0v) is 11.8. The summed E-state index contributed by atoms with van der Waals surface area (Å²) in [5.41, 5.74) is 0.329. The molecule has 1 atom stereocenters. The first-order valence-corrected chi connectivity index (χ1v) is 6.90. The van der Waals surface area contributed by atoms with E-state index in [1.54, 1.807) is 7.11 Å². The molecule has 1 amide bonds. The molecule has 20 heavy (non-hydrogen) atoms. The molecule has 3 rings (SSSR count). The number of hydrogen-bond acceptors (Lipinski definition) is 3. The van der Waals surface area contributed by atoms with E-state index in [1.807, 2.05) is 31.2 Å². The number of benzene rings is 1. The van der Waals surface area contributed by atoms with Gasteiger partial charge in [-0.3, -0.25) is 10.1 Å². The van der Waals surface area contributed by atoms with E-state index in [-0.39, 0.29) is 5.91 Å². The number of nitrogens with one attached hydrogen (secondary N) is 2. The van der Waals surface area contributed by atoms with Gasteiger partial charge in [-0.1, -0.05) is 18.2 Å². The van der Waals surface area contributed by atoms with E-state index in [2.05, 4.69) is 15.6 Å². The molecule has 106 valence electrons. The van der Waals surface area contributed by atoms with Gasteiger partial charge >= 0.3 is 0 Å². The fourth-order valence-electron chi connectivity index (χ4n) is 2.40. The SMILES string of the molecule is COc1ccccc1CC1(C)NC(=NC2CC2)NC1=O. The highest BCUT2D eigenvalue weighted by atomic mass is 16.5. The largest absolute Gasteiger partial charge is 0.496 e. The maximum Gasteiger partial charge on any atom is 0.252 e. The third-order valence-corrected chi connectivity index (χ3v) is 3.72. The Morgan fingerprint density at radius 1 is 1.40 bits per heavy atom. The minimum Gasteiger partial charge on any atom is -0.496 e. The predicted octanol–water partition coefficient (Wildman–Crippen LogP) is 1.23. The molecular weight excluding hydrogens is 254 g/mol. The highest BCUT2D eigenvalue weighted by molar-refractivity contribution is 6.09. The van der Waals surface area contributed by atoms with Crippen LogP contribution in [0.2, 0.25) is 0 Å². The summed E-state index contributed by atoms with van der Waals surface area (Å²) >= 11 is 0. The van der Waals surface area contributed by atoms with Gasteiger partial charge in [0.25, 0.3) is 5.91 Å². The van der Waals surface area contributed by atoms with E-state index in [0.717, 1.165) is 24.2 Å². The van der Waals surface area contributed by atoms with Gasteiger partial charge in [-0.2, -0.15) is 0 Å². The summed E-state index contributed by atoms with van der Waals surface area (Å²) in [5, 5.41) is 6.05. The first-order chi connectivity index (χ1) is 9.60. The van der Waals surface area contributed by atoms with Crippen molar-refractivity contribution in [2.45, 2.75) is 37.8 Å². The third-order valence-electron chi connectivity index (χ3n) is 3.72. The summed E-state index contributed by atoms with van der Waals surface area (Å²) < 4.78 is 5.35. The molecule has 2 aliphatic rings. The molecule has 1 aliphatic heterocycles. The standard InChI is InChI=1S/C15H19N3O2/c1-15(9-10-5-3-4-6-12(10)20-2)13(19)17-14(18-15)16-11-7-8-11/h3-6,11H,7-9H2,1-2H3,(H2,16,17,18,19). The Hall–Kier alpha value is -2.04. The molecule has 1 heterocycles. The number of carbonyl (C=O) groups excluding carboxylic acids is 1. The normalized spacial score (nSPS) is 27.3. The van der Waals surface area contributed by atoms with Gasteiger partial charge in [0.1, 0.15) is 11.3 Å².